The number of hydrogen-bond donors (Lipinski definition) is 0. The standard InChI is InChI=1S/C26H31N3O5S/c1-17-16-18(2)20(4)24(19(17)3)35(33,34)28-14-12-27(13-15-28)23(30)10-7-11-29-25(31)21-8-5-6-9-22(21)26(29)32/h5-6,8-9,16H,7,10-15H2,1-4H3. The van der Waals surface area contributed by atoms with Crippen molar-refractivity contribution in [2.45, 2.75) is 45.4 Å². The van der Waals surface area contributed by atoms with E-state index in [9.17, 15) is 22.8 Å². The molecule has 35 heavy (non-hydrogen) atoms. The number of rotatable bonds is 6. The summed E-state index contributed by atoms with van der Waals surface area (Å²) >= 11 is 0. The van der Waals surface area contributed by atoms with Gasteiger partial charge in [0.15, 0.2) is 0 Å². The molecular weight excluding hydrogens is 466 g/mol. The molecule has 2 aliphatic heterocycles. The Kier molecular flexibility index (Phi) is 6.83. The van der Waals surface area contributed by atoms with Crippen molar-refractivity contribution in [2.75, 3.05) is 32.7 Å². The van der Waals surface area contributed by atoms with E-state index >= 15 is 0 Å². The smallest absolute Gasteiger partial charge is 0.261 e. The van der Waals surface area contributed by atoms with Crippen molar-refractivity contribution >= 4 is 27.7 Å². The van der Waals surface area contributed by atoms with E-state index in [4.69, 9.17) is 0 Å². The lowest BCUT2D eigenvalue weighted by molar-refractivity contribution is -0.132. The number of aryl methyl sites for hydroxylation is 2. The van der Waals surface area contributed by atoms with E-state index in [1.165, 1.54) is 9.21 Å². The van der Waals surface area contributed by atoms with Crippen molar-refractivity contribution in [3.8, 4) is 0 Å². The van der Waals surface area contributed by atoms with E-state index in [0.717, 1.165) is 22.3 Å². The second kappa shape index (κ2) is 9.54. The number of carbonyl (C=O) groups excluding carboxylic acids is 3. The Balaban J connectivity index is 1.33. The predicted octanol–water partition coefficient (Wildman–Crippen LogP) is 2.83. The van der Waals surface area contributed by atoms with Gasteiger partial charge in [0, 0.05) is 39.1 Å². The number of hydrogen-bond acceptors (Lipinski definition) is 5. The van der Waals surface area contributed by atoms with Crippen LogP contribution >= 0.6 is 0 Å². The molecule has 0 aliphatic carbocycles. The Hall–Kier alpha value is -3.04. The molecule has 4 rings (SSSR count). The minimum atomic E-state index is -3.67. The van der Waals surface area contributed by atoms with E-state index in [2.05, 4.69) is 0 Å². The van der Waals surface area contributed by atoms with E-state index in [-0.39, 0.29) is 43.8 Å². The van der Waals surface area contributed by atoms with E-state index in [1.807, 2.05) is 33.8 Å². The van der Waals surface area contributed by atoms with Gasteiger partial charge in [-0.05, 0) is 68.5 Å². The Morgan fingerprint density at radius 2 is 1.37 bits per heavy atom. The van der Waals surface area contributed by atoms with Gasteiger partial charge in [0.05, 0.1) is 16.0 Å². The summed E-state index contributed by atoms with van der Waals surface area (Å²) in [7, 11) is -3.67. The van der Waals surface area contributed by atoms with Crippen molar-refractivity contribution < 1.29 is 22.8 Å². The zero-order valence-electron chi connectivity index (χ0n) is 20.6. The monoisotopic (exact) mass is 497 g/mol. The van der Waals surface area contributed by atoms with Crippen LogP contribution in [0.3, 0.4) is 0 Å². The van der Waals surface area contributed by atoms with E-state index < -0.39 is 10.0 Å². The summed E-state index contributed by atoms with van der Waals surface area (Å²) in [5.74, 6) is -0.750. The summed E-state index contributed by atoms with van der Waals surface area (Å²) in [6.45, 7) is 8.78. The maximum atomic E-state index is 13.4. The van der Waals surface area contributed by atoms with Crippen molar-refractivity contribution in [1.82, 2.24) is 14.1 Å². The second-order valence-electron chi connectivity index (χ2n) is 9.29. The van der Waals surface area contributed by atoms with E-state index in [1.54, 1.807) is 29.2 Å². The summed E-state index contributed by atoms with van der Waals surface area (Å²) in [4.78, 5) is 40.9. The molecule has 2 heterocycles. The van der Waals surface area contributed by atoms with Crippen molar-refractivity contribution in [3.05, 3.63) is 63.7 Å². The van der Waals surface area contributed by atoms with Gasteiger partial charge in [0.1, 0.15) is 0 Å². The largest absolute Gasteiger partial charge is 0.340 e. The number of carbonyl (C=O) groups is 3. The van der Waals surface area contributed by atoms with Crippen LogP contribution in [0, 0.1) is 27.7 Å². The maximum Gasteiger partial charge on any atom is 0.261 e. The molecule has 2 aliphatic rings. The fourth-order valence-electron chi connectivity index (χ4n) is 4.86. The molecule has 1 saturated heterocycles. The average Bonchev–Trinajstić information content (AvgIpc) is 3.08. The Morgan fingerprint density at radius 1 is 0.857 bits per heavy atom. The zero-order valence-corrected chi connectivity index (χ0v) is 21.4. The Morgan fingerprint density at radius 3 is 1.89 bits per heavy atom. The molecule has 0 spiro atoms. The second-order valence-corrected chi connectivity index (χ2v) is 11.2. The number of imide groups is 1. The molecule has 186 valence electrons. The molecule has 1 fully saturated rings. The molecule has 0 N–H and O–H groups in total. The molecule has 0 atom stereocenters. The van der Waals surface area contributed by atoms with Gasteiger partial charge < -0.3 is 4.90 Å². The average molecular weight is 498 g/mol. The van der Waals surface area contributed by atoms with Gasteiger partial charge in [0.25, 0.3) is 11.8 Å². The molecule has 3 amide bonds. The number of amides is 3. The Bertz CT molecular complexity index is 1250. The number of benzene rings is 2. The Labute approximate surface area is 206 Å². The van der Waals surface area contributed by atoms with Gasteiger partial charge >= 0.3 is 0 Å². The third-order valence-corrected chi connectivity index (χ3v) is 9.31. The number of fused-ring (bicyclic) bond motifs is 1. The summed E-state index contributed by atoms with van der Waals surface area (Å²) < 4.78 is 28.3. The van der Waals surface area contributed by atoms with Crippen LogP contribution in [0.15, 0.2) is 35.2 Å². The van der Waals surface area contributed by atoms with Gasteiger partial charge in [0.2, 0.25) is 15.9 Å². The first-order chi connectivity index (χ1) is 16.5. The fourth-order valence-corrected chi connectivity index (χ4v) is 6.86. The van der Waals surface area contributed by atoms with Gasteiger partial charge in [-0.1, -0.05) is 18.2 Å². The lowest BCUT2D eigenvalue weighted by Gasteiger charge is -2.35. The van der Waals surface area contributed by atoms with Crippen LogP contribution < -0.4 is 0 Å². The molecule has 0 saturated carbocycles. The number of sulfonamides is 1. The highest BCUT2D eigenvalue weighted by molar-refractivity contribution is 7.89. The molecular formula is C26H31N3O5S. The molecule has 2 aromatic rings. The van der Waals surface area contributed by atoms with Crippen LogP contribution in [0.25, 0.3) is 0 Å². The lowest BCUT2D eigenvalue weighted by Crippen LogP contribution is -2.50. The van der Waals surface area contributed by atoms with Gasteiger partial charge in [-0.15, -0.1) is 0 Å². The molecule has 9 heteroatoms. The molecule has 0 unspecified atom stereocenters. The van der Waals surface area contributed by atoms with E-state index in [0.29, 0.717) is 35.5 Å². The normalized spacial score (nSPS) is 16.7. The molecule has 0 aromatic heterocycles. The van der Waals surface area contributed by atoms with Crippen molar-refractivity contribution in [1.29, 1.82) is 0 Å². The first kappa shape index (κ1) is 25.1. The first-order valence-electron chi connectivity index (χ1n) is 11.8. The number of nitrogens with zero attached hydrogens (tertiary/aromatic N) is 3. The van der Waals surface area contributed by atoms with Crippen LogP contribution in [0.5, 0.6) is 0 Å². The lowest BCUT2D eigenvalue weighted by atomic mass is 10.0. The van der Waals surface area contributed by atoms with Crippen LogP contribution in [0.1, 0.15) is 55.8 Å². The highest BCUT2D eigenvalue weighted by Gasteiger charge is 2.35. The minimum absolute atomic E-state index is 0.0996. The summed E-state index contributed by atoms with van der Waals surface area (Å²) in [5, 5.41) is 0. The summed E-state index contributed by atoms with van der Waals surface area (Å²) in [5.41, 5.74) is 4.21. The molecule has 8 nitrogen and oxygen atoms in total. The van der Waals surface area contributed by atoms with Crippen LogP contribution in [-0.2, 0) is 14.8 Å². The summed E-state index contributed by atoms with van der Waals surface area (Å²) in [6, 6.07) is 8.71. The third-order valence-electron chi connectivity index (χ3n) is 7.14. The molecule has 2 aromatic carbocycles. The predicted molar refractivity (Wildman–Crippen MR) is 132 cm³/mol. The first-order valence-corrected chi connectivity index (χ1v) is 13.3. The van der Waals surface area contributed by atoms with Crippen molar-refractivity contribution in [2.24, 2.45) is 0 Å². The summed E-state index contributed by atoms with van der Waals surface area (Å²) in [6.07, 6.45) is 0.555. The highest BCUT2D eigenvalue weighted by atomic mass is 32.2. The molecule has 0 radical (unpaired) electrons. The van der Waals surface area contributed by atoms with Crippen LogP contribution in [0.4, 0.5) is 0 Å². The van der Waals surface area contributed by atoms with Gasteiger partial charge in [-0.25, -0.2) is 8.42 Å². The van der Waals surface area contributed by atoms with Gasteiger partial charge in [-0.3, -0.25) is 19.3 Å². The minimum Gasteiger partial charge on any atom is -0.340 e. The zero-order chi connectivity index (χ0) is 25.5. The van der Waals surface area contributed by atoms with Crippen molar-refractivity contribution in [3.63, 3.8) is 0 Å². The maximum absolute atomic E-state index is 13.4. The fraction of sp³-hybridized carbons (Fsp3) is 0.423. The highest BCUT2D eigenvalue weighted by Crippen LogP contribution is 2.29. The third kappa shape index (κ3) is 4.50. The quantitative estimate of drug-likeness (QED) is 0.572. The van der Waals surface area contributed by atoms with Crippen LogP contribution in [0.2, 0.25) is 0 Å². The number of piperazine rings is 1. The van der Waals surface area contributed by atoms with Crippen LogP contribution in [-0.4, -0.2) is 73.0 Å². The topological polar surface area (TPSA) is 95.1 Å². The molecule has 0 bridgehead atoms. The van der Waals surface area contributed by atoms with Gasteiger partial charge in [-0.2, -0.15) is 4.31 Å². The SMILES string of the molecule is Cc1cc(C)c(C)c(S(=O)(=O)N2CCN(C(=O)CCCN3C(=O)c4ccccc4C3=O)CC2)c1C.